The minimum absolute atomic E-state index is 0.00775. The largest absolute Gasteiger partial charge is 0.377 e. The van der Waals surface area contributed by atoms with Crippen LogP contribution in [-0.4, -0.2) is 19.0 Å². The van der Waals surface area contributed by atoms with Gasteiger partial charge in [-0.3, -0.25) is 4.79 Å². The molecule has 3 heteroatoms. The first kappa shape index (κ1) is 12.9. The van der Waals surface area contributed by atoms with Crippen LogP contribution in [0.15, 0.2) is 29.8 Å². The Balaban J connectivity index is 2.93. The number of ketones is 1. The van der Waals surface area contributed by atoms with Crippen molar-refractivity contribution >= 4 is 23.5 Å². The predicted molar refractivity (Wildman–Crippen MR) is 66.6 cm³/mol. The normalized spacial score (nSPS) is 11.6. The Kier molecular flexibility index (Phi) is 5.23. The van der Waals surface area contributed by atoms with E-state index < -0.39 is 0 Å². The molecule has 0 atom stereocenters. The molecule has 0 heterocycles. The molecule has 0 radical (unpaired) electrons. The van der Waals surface area contributed by atoms with Crippen molar-refractivity contribution in [3.8, 4) is 0 Å². The summed E-state index contributed by atoms with van der Waals surface area (Å²) in [5.41, 5.74) is 1.48. The Morgan fingerprint density at radius 3 is 2.69 bits per heavy atom. The van der Waals surface area contributed by atoms with Crippen LogP contribution in [0.1, 0.15) is 19.4 Å². The van der Waals surface area contributed by atoms with Gasteiger partial charge in [-0.15, -0.1) is 0 Å². The van der Waals surface area contributed by atoms with Gasteiger partial charge in [0.25, 0.3) is 0 Å². The molecule has 0 bridgehead atoms. The Morgan fingerprint density at radius 1 is 1.44 bits per heavy atom. The lowest BCUT2D eigenvalue weighted by Gasteiger charge is -2.05. The summed E-state index contributed by atoms with van der Waals surface area (Å²) in [5.74, 6) is 0.00775. The van der Waals surface area contributed by atoms with Gasteiger partial charge < -0.3 is 4.74 Å². The van der Waals surface area contributed by atoms with E-state index in [2.05, 4.69) is 0 Å². The van der Waals surface area contributed by atoms with Crippen LogP contribution in [0.25, 0.3) is 6.08 Å². The van der Waals surface area contributed by atoms with E-state index in [1.54, 1.807) is 12.1 Å². The number of halogens is 1. The van der Waals surface area contributed by atoms with E-state index in [9.17, 15) is 4.79 Å². The zero-order valence-electron chi connectivity index (χ0n) is 9.50. The molecule has 2 nitrogen and oxygen atoms in total. The summed E-state index contributed by atoms with van der Waals surface area (Å²) in [6.45, 7) is 4.35. The molecule has 0 N–H and O–H groups in total. The monoisotopic (exact) mass is 238 g/mol. The van der Waals surface area contributed by atoms with E-state index in [4.69, 9.17) is 16.3 Å². The summed E-state index contributed by atoms with van der Waals surface area (Å²) in [6.07, 6.45) is 1.78. The summed E-state index contributed by atoms with van der Waals surface area (Å²) in [7, 11) is 0. The van der Waals surface area contributed by atoms with Crippen molar-refractivity contribution in [2.24, 2.45) is 0 Å². The van der Waals surface area contributed by atoms with Crippen LogP contribution >= 0.6 is 11.6 Å². The zero-order valence-corrected chi connectivity index (χ0v) is 10.3. The van der Waals surface area contributed by atoms with Crippen molar-refractivity contribution in [2.75, 3.05) is 13.2 Å². The van der Waals surface area contributed by atoms with Crippen LogP contribution in [0.5, 0.6) is 0 Å². The molecular formula is C13H15ClO2. The minimum atomic E-state index is 0.00775. The predicted octanol–water partition coefficient (Wildman–Crippen LogP) is 3.35. The lowest BCUT2D eigenvalue weighted by atomic mass is 10.1. The second-order valence-corrected chi connectivity index (χ2v) is 3.79. The van der Waals surface area contributed by atoms with E-state index in [0.29, 0.717) is 23.8 Å². The Bertz CT molecular complexity index is 397. The Morgan fingerprint density at radius 2 is 2.12 bits per heavy atom. The van der Waals surface area contributed by atoms with Gasteiger partial charge in [-0.25, -0.2) is 0 Å². The minimum Gasteiger partial charge on any atom is -0.377 e. The van der Waals surface area contributed by atoms with Crippen LogP contribution in [0.2, 0.25) is 5.02 Å². The molecule has 0 aliphatic carbocycles. The summed E-state index contributed by atoms with van der Waals surface area (Å²) >= 11 is 6.01. The second-order valence-electron chi connectivity index (χ2n) is 3.38. The summed E-state index contributed by atoms with van der Waals surface area (Å²) in [6, 6.07) is 7.41. The van der Waals surface area contributed by atoms with Crippen LogP contribution in [0, 0.1) is 0 Å². The topological polar surface area (TPSA) is 26.3 Å². The number of rotatable bonds is 5. The van der Waals surface area contributed by atoms with Crippen molar-refractivity contribution in [2.45, 2.75) is 13.8 Å². The third-order valence-electron chi connectivity index (χ3n) is 2.15. The smallest absolute Gasteiger partial charge is 0.158 e. The van der Waals surface area contributed by atoms with Crippen LogP contribution in [0.4, 0.5) is 0 Å². The number of carbonyl (C=O) groups excluding carboxylic acids is 1. The highest BCUT2D eigenvalue weighted by Crippen LogP contribution is 2.18. The van der Waals surface area contributed by atoms with Crippen molar-refractivity contribution in [3.05, 3.63) is 40.4 Å². The van der Waals surface area contributed by atoms with Gasteiger partial charge in [0.15, 0.2) is 5.78 Å². The molecule has 0 saturated heterocycles. The number of ether oxygens (including phenoxy) is 1. The molecule has 0 spiro atoms. The van der Waals surface area contributed by atoms with Crippen molar-refractivity contribution in [1.82, 2.24) is 0 Å². The fourth-order valence-electron chi connectivity index (χ4n) is 1.24. The number of Topliss-reactive ketones (excluding diaryl/α,β-unsaturated/α-hetero) is 1. The van der Waals surface area contributed by atoms with E-state index in [-0.39, 0.29) is 5.78 Å². The molecule has 0 fully saturated rings. The van der Waals surface area contributed by atoms with Crippen LogP contribution in [0.3, 0.4) is 0 Å². The summed E-state index contributed by atoms with van der Waals surface area (Å²) < 4.78 is 5.24. The van der Waals surface area contributed by atoms with Gasteiger partial charge in [0.05, 0.1) is 6.61 Å². The molecule has 0 aliphatic heterocycles. The Hall–Kier alpha value is -1.12. The van der Waals surface area contributed by atoms with Crippen molar-refractivity contribution < 1.29 is 9.53 Å². The fourth-order valence-corrected chi connectivity index (χ4v) is 1.43. The molecule has 0 aliphatic rings. The van der Waals surface area contributed by atoms with Gasteiger partial charge >= 0.3 is 0 Å². The molecule has 0 saturated carbocycles. The quantitative estimate of drug-likeness (QED) is 0.736. The second kappa shape index (κ2) is 6.46. The van der Waals surface area contributed by atoms with Crippen LogP contribution in [-0.2, 0) is 9.53 Å². The third-order valence-corrected chi connectivity index (χ3v) is 2.49. The maximum Gasteiger partial charge on any atom is 0.158 e. The van der Waals surface area contributed by atoms with E-state index in [1.807, 2.05) is 25.1 Å². The average Bonchev–Trinajstić information content (AvgIpc) is 2.26. The molecule has 1 rings (SSSR count). The standard InChI is InChI=1S/C13H15ClO2/c1-3-16-9-12(10(2)15)8-11-6-4-5-7-13(11)14/h4-8H,3,9H2,1-2H3/b12-8+. The number of hydrogen-bond donors (Lipinski definition) is 0. The maximum atomic E-state index is 11.4. The first-order chi connectivity index (χ1) is 7.65. The average molecular weight is 239 g/mol. The lowest BCUT2D eigenvalue weighted by molar-refractivity contribution is -0.114. The van der Waals surface area contributed by atoms with Gasteiger partial charge in [0.2, 0.25) is 0 Å². The van der Waals surface area contributed by atoms with Crippen LogP contribution < -0.4 is 0 Å². The molecular weight excluding hydrogens is 224 g/mol. The number of benzene rings is 1. The molecule has 0 amide bonds. The highest BCUT2D eigenvalue weighted by molar-refractivity contribution is 6.32. The number of carbonyl (C=O) groups is 1. The van der Waals surface area contributed by atoms with E-state index >= 15 is 0 Å². The van der Waals surface area contributed by atoms with Gasteiger partial charge in [0.1, 0.15) is 0 Å². The zero-order chi connectivity index (χ0) is 12.0. The molecule has 16 heavy (non-hydrogen) atoms. The molecule has 0 aromatic heterocycles. The van der Waals surface area contributed by atoms with Gasteiger partial charge in [-0.1, -0.05) is 29.8 Å². The molecule has 1 aromatic rings. The van der Waals surface area contributed by atoms with Crippen molar-refractivity contribution in [3.63, 3.8) is 0 Å². The van der Waals surface area contributed by atoms with E-state index in [0.717, 1.165) is 5.56 Å². The third kappa shape index (κ3) is 3.80. The SMILES string of the molecule is CCOC/C(=C\c1ccccc1Cl)C(C)=O. The van der Waals surface area contributed by atoms with E-state index in [1.165, 1.54) is 6.92 Å². The molecule has 86 valence electrons. The maximum absolute atomic E-state index is 11.4. The molecule has 1 aromatic carbocycles. The summed E-state index contributed by atoms with van der Waals surface area (Å²) in [5, 5.41) is 0.637. The van der Waals surface area contributed by atoms with Gasteiger partial charge in [-0.05, 0) is 31.6 Å². The van der Waals surface area contributed by atoms with Gasteiger partial charge in [-0.2, -0.15) is 0 Å². The highest BCUT2D eigenvalue weighted by Gasteiger charge is 2.05. The fraction of sp³-hybridized carbons (Fsp3) is 0.308. The van der Waals surface area contributed by atoms with Gasteiger partial charge in [0, 0.05) is 17.2 Å². The number of hydrogen-bond acceptors (Lipinski definition) is 2. The molecule has 0 unspecified atom stereocenters. The lowest BCUT2D eigenvalue weighted by Crippen LogP contribution is -2.05. The summed E-state index contributed by atoms with van der Waals surface area (Å²) in [4.78, 5) is 11.4. The highest BCUT2D eigenvalue weighted by atomic mass is 35.5. The Labute approximate surface area is 101 Å². The van der Waals surface area contributed by atoms with Crippen molar-refractivity contribution in [1.29, 1.82) is 0 Å². The first-order valence-corrected chi connectivity index (χ1v) is 5.56. The first-order valence-electron chi connectivity index (χ1n) is 5.19.